The van der Waals surface area contributed by atoms with Crippen LogP contribution >= 0.6 is 0 Å². The van der Waals surface area contributed by atoms with Crippen LogP contribution in [0, 0.1) is 11.5 Å². The molecule has 0 saturated carbocycles. The van der Waals surface area contributed by atoms with Gasteiger partial charge in [-0.2, -0.15) is 5.26 Å². The second kappa shape index (κ2) is 10.9. The number of benzene rings is 2. The normalized spacial score (nSPS) is 16.0. The van der Waals surface area contributed by atoms with E-state index in [1.165, 1.54) is 5.56 Å². The molecule has 6 rings (SSSR count). The maximum absolute atomic E-state index is 9.08. The van der Waals surface area contributed by atoms with E-state index < -0.39 is 0 Å². The Bertz CT molecular complexity index is 1620. The predicted octanol–water partition coefficient (Wildman–Crippen LogP) is 5.16. The number of hydrogen-bond donors (Lipinski definition) is 2. The highest BCUT2D eigenvalue weighted by Gasteiger charge is 2.20. The zero-order chi connectivity index (χ0) is 26.6. The third kappa shape index (κ3) is 5.17. The zero-order valence-corrected chi connectivity index (χ0v) is 21.7. The van der Waals surface area contributed by atoms with Crippen LogP contribution in [-0.4, -0.2) is 43.6 Å². The van der Waals surface area contributed by atoms with Crippen LogP contribution in [0.4, 0.5) is 5.82 Å². The molecule has 1 unspecified atom stereocenters. The molecule has 8 nitrogen and oxygen atoms in total. The second-order valence-electron chi connectivity index (χ2n) is 9.96. The van der Waals surface area contributed by atoms with E-state index >= 15 is 0 Å². The Balaban J connectivity index is 1.39. The average Bonchev–Trinajstić information content (AvgIpc) is 3.20. The Morgan fingerprint density at radius 3 is 2.59 bits per heavy atom. The van der Waals surface area contributed by atoms with Crippen molar-refractivity contribution in [3.63, 3.8) is 0 Å². The maximum Gasteiger partial charge on any atom is 0.176 e. The number of imidazole rings is 1. The van der Waals surface area contributed by atoms with Gasteiger partial charge in [-0.15, -0.1) is 0 Å². The van der Waals surface area contributed by atoms with Crippen molar-refractivity contribution in [3.8, 4) is 34.5 Å². The number of anilines is 1. The summed E-state index contributed by atoms with van der Waals surface area (Å²) in [5.41, 5.74) is 12.7. The minimum Gasteiger partial charge on any atom is -0.383 e. The third-order valence-corrected chi connectivity index (χ3v) is 7.28. The number of hydrogen-bond acceptors (Lipinski definition) is 7. The first-order chi connectivity index (χ1) is 19.2. The van der Waals surface area contributed by atoms with E-state index in [2.05, 4.69) is 62.4 Å². The highest BCUT2D eigenvalue weighted by Crippen LogP contribution is 2.32. The number of nitrogens with two attached hydrogens (primary N) is 1. The number of pyridine rings is 2. The molecular formula is C31H30N8. The van der Waals surface area contributed by atoms with E-state index in [1.807, 2.05) is 42.5 Å². The van der Waals surface area contributed by atoms with Crippen LogP contribution < -0.4 is 11.1 Å². The van der Waals surface area contributed by atoms with Crippen molar-refractivity contribution in [1.29, 1.82) is 5.26 Å². The number of rotatable bonds is 6. The topological polar surface area (TPSA) is 109 Å². The molecule has 4 heterocycles. The number of nitriles is 1. The molecule has 2 aromatic carbocycles. The number of fused-ring (bicyclic) bond motifs is 1. The summed E-state index contributed by atoms with van der Waals surface area (Å²) in [5, 5.41) is 12.0. The maximum atomic E-state index is 9.08. The Kier molecular flexibility index (Phi) is 6.89. The molecule has 39 heavy (non-hydrogen) atoms. The molecule has 0 aliphatic carbocycles. The highest BCUT2D eigenvalue weighted by atomic mass is 15.2. The smallest absolute Gasteiger partial charge is 0.176 e. The van der Waals surface area contributed by atoms with Gasteiger partial charge in [0.2, 0.25) is 0 Å². The fourth-order valence-electron chi connectivity index (χ4n) is 5.34. The molecule has 1 fully saturated rings. The lowest BCUT2D eigenvalue weighted by atomic mass is 10.1. The van der Waals surface area contributed by atoms with Crippen LogP contribution in [0.15, 0.2) is 85.1 Å². The van der Waals surface area contributed by atoms with Crippen molar-refractivity contribution in [2.45, 2.75) is 31.8 Å². The average molecular weight is 515 g/mol. The molecule has 0 radical (unpaired) electrons. The molecule has 1 aliphatic rings. The van der Waals surface area contributed by atoms with E-state index in [4.69, 9.17) is 21.0 Å². The van der Waals surface area contributed by atoms with Gasteiger partial charge in [0, 0.05) is 36.6 Å². The van der Waals surface area contributed by atoms with Crippen molar-refractivity contribution in [2.24, 2.45) is 0 Å². The molecule has 5 aromatic rings. The van der Waals surface area contributed by atoms with Gasteiger partial charge in [-0.25, -0.2) is 15.0 Å². The molecule has 1 aliphatic heterocycles. The van der Waals surface area contributed by atoms with E-state index in [9.17, 15) is 0 Å². The van der Waals surface area contributed by atoms with E-state index in [1.54, 1.807) is 6.20 Å². The van der Waals surface area contributed by atoms with Gasteiger partial charge < -0.3 is 11.1 Å². The van der Waals surface area contributed by atoms with Gasteiger partial charge in [-0.3, -0.25) is 9.47 Å². The van der Waals surface area contributed by atoms with Crippen LogP contribution in [0.1, 0.15) is 24.8 Å². The minimum atomic E-state index is 0.214. The molecule has 3 aromatic heterocycles. The minimum absolute atomic E-state index is 0.214. The monoisotopic (exact) mass is 514 g/mol. The summed E-state index contributed by atoms with van der Waals surface area (Å²) in [5.74, 6) is 1.13. The van der Waals surface area contributed by atoms with Crippen LogP contribution in [0.3, 0.4) is 0 Å². The number of nitrogens with zero attached hydrogens (tertiary/aromatic N) is 6. The highest BCUT2D eigenvalue weighted by molar-refractivity contribution is 5.84. The summed E-state index contributed by atoms with van der Waals surface area (Å²) in [7, 11) is 0. The Hall–Kier alpha value is -4.74. The number of aromatic nitrogens is 4. The van der Waals surface area contributed by atoms with Gasteiger partial charge >= 0.3 is 0 Å². The molecule has 0 spiro atoms. The largest absolute Gasteiger partial charge is 0.383 e. The first kappa shape index (κ1) is 24.6. The molecule has 194 valence electrons. The van der Waals surface area contributed by atoms with Gasteiger partial charge in [-0.05, 0) is 61.3 Å². The second-order valence-corrected chi connectivity index (χ2v) is 9.96. The summed E-state index contributed by atoms with van der Waals surface area (Å²) < 4.78 is 2.07. The first-order valence-electron chi connectivity index (χ1n) is 13.3. The lowest BCUT2D eigenvalue weighted by molar-refractivity contribution is 0.258. The standard InChI is InChI=1S/C31H30N8/c32-21-35-24-9-4-5-18-38(20-24)19-22-11-13-25(14-12-22)39-30(26-10-6-17-34-29(26)33)37-28-16-15-27(36-31(28)39)23-7-2-1-3-8-23/h1-3,6-8,10-17,24,35H,4-5,9,18-20H2,(H2,33,34). The zero-order valence-electron chi connectivity index (χ0n) is 21.7. The molecular weight excluding hydrogens is 484 g/mol. The quantitative estimate of drug-likeness (QED) is 0.238. The molecule has 0 amide bonds. The van der Waals surface area contributed by atoms with Gasteiger partial charge in [0.05, 0.1) is 11.3 Å². The van der Waals surface area contributed by atoms with Crippen molar-refractivity contribution in [1.82, 2.24) is 29.7 Å². The van der Waals surface area contributed by atoms with E-state index in [0.29, 0.717) is 11.6 Å². The van der Waals surface area contributed by atoms with Crippen molar-refractivity contribution in [3.05, 3.63) is 90.6 Å². The van der Waals surface area contributed by atoms with Gasteiger partial charge in [0.1, 0.15) is 11.3 Å². The summed E-state index contributed by atoms with van der Waals surface area (Å²) in [4.78, 5) is 16.7. The fourth-order valence-corrected chi connectivity index (χ4v) is 5.34. The van der Waals surface area contributed by atoms with Crippen molar-refractivity contribution >= 4 is 17.0 Å². The Morgan fingerprint density at radius 2 is 1.79 bits per heavy atom. The summed E-state index contributed by atoms with van der Waals surface area (Å²) in [6.07, 6.45) is 7.13. The molecule has 8 heteroatoms. The van der Waals surface area contributed by atoms with Crippen molar-refractivity contribution < 1.29 is 0 Å². The third-order valence-electron chi connectivity index (χ3n) is 7.28. The van der Waals surface area contributed by atoms with E-state index in [0.717, 1.165) is 72.6 Å². The molecule has 1 saturated heterocycles. The number of nitrogen functional groups attached to an aromatic ring is 1. The Labute approximate surface area is 227 Å². The Morgan fingerprint density at radius 1 is 0.949 bits per heavy atom. The number of nitrogens with one attached hydrogen (secondary N) is 1. The molecule has 0 bridgehead atoms. The van der Waals surface area contributed by atoms with Crippen LogP contribution in [0.25, 0.3) is 39.5 Å². The SMILES string of the molecule is N#CNC1CCCCN(Cc2ccc(-n3c(-c4cccnc4N)nc4ccc(-c5ccccc5)nc43)cc2)C1. The summed E-state index contributed by atoms with van der Waals surface area (Å²) in [6.45, 7) is 2.75. The summed E-state index contributed by atoms with van der Waals surface area (Å²) >= 11 is 0. The molecule has 1 atom stereocenters. The van der Waals surface area contributed by atoms with Gasteiger partial charge in [-0.1, -0.05) is 48.9 Å². The van der Waals surface area contributed by atoms with Crippen molar-refractivity contribution in [2.75, 3.05) is 18.8 Å². The fraction of sp³-hybridized carbons (Fsp3) is 0.226. The first-order valence-corrected chi connectivity index (χ1v) is 13.3. The molecule has 3 N–H and O–H groups in total. The number of likely N-dealkylation sites (tertiary alicyclic amines) is 1. The van der Waals surface area contributed by atoms with Crippen LogP contribution in [0.5, 0.6) is 0 Å². The van der Waals surface area contributed by atoms with Gasteiger partial charge in [0.15, 0.2) is 17.7 Å². The predicted molar refractivity (Wildman–Crippen MR) is 154 cm³/mol. The lowest BCUT2D eigenvalue weighted by Gasteiger charge is -2.23. The van der Waals surface area contributed by atoms with Crippen LogP contribution in [-0.2, 0) is 6.54 Å². The van der Waals surface area contributed by atoms with E-state index in [-0.39, 0.29) is 6.04 Å². The summed E-state index contributed by atoms with van der Waals surface area (Å²) in [6, 6.07) is 26.8. The van der Waals surface area contributed by atoms with Crippen LogP contribution in [0.2, 0.25) is 0 Å². The lowest BCUT2D eigenvalue weighted by Crippen LogP contribution is -2.37. The van der Waals surface area contributed by atoms with Gasteiger partial charge in [0.25, 0.3) is 0 Å².